The lowest BCUT2D eigenvalue weighted by Gasteiger charge is -2.36. The maximum atomic E-state index is 13.4. The summed E-state index contributed by atoms with van der Waals surface area (Å²) in [6, 6.07) is 15.1. The van der Waals surface area contributed by atoms with E-state index in [9.17, 15) is 24.1 Å². The molecule has 146 valence electrons. The summed E-state index contributed by atoms with van der Waals surface area (Å²) in [6.07, 6.45) is 1.33. The fraction of sp³-hybridized carbons (Fsp3) is 0.0455. The van der Waals surface area contributed by atoms with E-state index < -0.39 is 23.5 Å². The molecule has 4 rings (SSSR count). The van der Waals surface area contributed by atoms with Crippen LogP contribution < -0.4 is 5.73 Å². The Bertz CT molecular complexity index is 1230. The van der Waals surface area contributed by atoms with Crippen LogP contribution >= 0.6 is 11.8 Å². The van der Waals surface area contributed by atoms with Gasteiger partial charge in [0.05, 0.1) is 29.2 Å². The summed E-state index contributed by atoms with van der Waals surface area (Å²) in [4.78, 5) is 14.5. The summed E-state index contributed by atoms with van der Waals surface area (Å²) in [5.41, 5.74) is 7.46. The number of benzene rings is 2. The highest BCUT2D eigenvalue weighted by molar-refractivity contribution is 8.11. The van der Waals surface area contributed by atoms with E-state index in [0.29, 0.717) is 16.0 Å². The van der Waals surface area contributed by atoms with Crippen molar-refractivity contribution >= 4 is 22.6 Å². The fourth-order valence-corrected chi connectivity index (χ4v) is 4.55. The first-order valence-corrected chi connectivity index (χ1v) is 9.55. The van der Waals surface area contributed by atoms with Crippen molar-refractivity contribution in [3.05, 3.63) is 99.4 Å². The molecular formula is C22H12F2N4OS. The van der Waals surface area contributed by atoms with Crippen LogP contribution in [-0.2, 0) is 4.79 Å². The van der Waals surface area contributed by atoms with Crippen LogP contribution in [0.25, 0.3) is 4.91 Å². The third-order valence-electron chi connectivity index (χ3n) is 4.78. The third-order valence-corrected chi connectivity index (χ3v) is 5.95. The van der Waals surface area contributed by atoms with Gasteiger partial charge in [-0.15, -0.1) is 0 Å². The van der Waals surface area contributed by atoms with Gasteiger partial charge in [-0.25, -0.2) is 8.78 Å². The fourth-order valence-electron chi connectivity index (χ4n) is 3.37. The number of halogens is 2. The molecular weight excluding hydrogens is 406 g/mol. The van der Waals surface area contributed by atoms with Crippen LogP contribution in [0.2, 0.25) is 0 Å². The average molecular weight is 418 g/mol. The van der Waals surface area contributed by atoms with Crippen LogP contribution in [0.5, 0.6) is 0 Å². The number of rotatable bonds is 2. The Balaban J connectivity index is 1.89. The summed E-state index contributed by atoms with van der Waals surface area (Å²) < 4.78 is 26.7. The normalized spacial score (nSPS) is 18.5. The largest absolute Gasteiger partial charge is 0.384 e. The molecule has 0 saturated carbocycles. The maximum absolute atomic E-state index is 13.4. The van der Waals surface area contributed by atoms with Gasteiger partial charge in [-0.3, -0.25) is 9.69 Å². The highest BCUT2D eigenvalue weighted by Gasteiger charge is 2.40. The van der Waals surface area contributed by atoms with Crippen molar-refractivity contribution in [3.63, 3.8) is 0 Å². The van der Waals surface area contributed by atoms with Crippen LogP contribution in [0.4, 0.5) is 8.78 Å². The van der Waals surface area contributed by atoms with Gasteiger partial charge in [0, 0.05) is 11.0 Å². The second kappa shape index (κ2) is 7.51. The van der Waals surface area contributed by atoms with Gasteiger partial charge in [0.2, 0.25) is 0 Å². The predicted octanol–water partition coefficient (Wildman–Crippen LogP) is 4.11. The van der Waals surface area contributed by atoms with E-state index in [1.165, 1.54) is 54.6 Å². The minimum absolute atomic E-state index is 0.0366. The van der Waals surface area contributed by atoms with Gasteiger partial charge in [-0.1, -0.05) is 36.0 Å². The van der Waals surface area contributed by atoms with Crippen molar-refractivity contribution in [2.45, 2.75) is 5.92 Å². The van der Waals surface area contributed by atoms with Gasteiger partial charge in [-0.2, -0.15) is 10.5 Å². The minimum atomic E-state index is -0.834. The number of nitriles is 2. The van der Waals surface area contributed by atoms with Crippen molar-refractivity contribution in [1.29, 1.82) is 10.5 Å². The molecule has 1 atom stereocenters. The Labute approximate surface area is 175 Å². The molecule has 0 fully saturated rings. The lowest BCUT2D eigenvalue weighted by Crippen LogP contribution is -2.39. The number of thioether (sulfide) groups is 1. The Hall–Kier alpha value is -3.88. The molecule has 8 heteroatoms. The molecule has 2 aliphatic rings. The first-order chi connectivity index (χ1) is 14.4. The SMILES string of the molecule is N#CC1=C(N)N2C(=O)C=C(c3ccc(F)cc3)SC2=C(C#N)C1c1ccc(F)cc1. The Kier molecular flexibility index (Phi) is 4.86. The van der Waals surface area contributed by atoms with Crippen LogP contribution in [0, 0.1) is 34.3 Å². The quantitative estimate of drug-likeness (QED) is 0.792. The molecule has 2 N–H and O–H groups in total. The van der Waals surface area contributed by atoms with E-state index in [1.807, 2.05) is 6.07 Å². The number of nitrogens with two attached hydrogens (primary N) is 1. The molecule has 1 amide bonds. The number of allylic oxidation sites excluding steroid dienone is 2. The molecule has 0 aromatic heterocycles. The number of carbonyl (C=O) groups is 1. The van der Waals surface area contributed by atoms with E-state index in [-0.39, 0.29) is 22.0 Å². The Morgan fingerprint density at radius 1 is 0.933 bits per heavy atom. The van der Waals surface area contributed by atoms with Gasteiger partial charge in [0.15, 0.2) is 0 Å². The van der Waals surface area contributed by atoms with Crippen LogP contribution in [0.3, 0.4) is 0 Å². The van der Waals surface area contributed by atoms with Crippen LogP contribution in [-0.4, -0.2) is 10.8 Å². The van der Waals surface area contributed by atoms with E-state index >= 15 is 0 Å². The highest BCUT2D eigenvalue weighted by atomic mass is 32.2. The first-order valence-electron chi connectivity index (χ1n) is 8.73. The number of carbonyl (C=O) groups excluding carboxylic acids is 1. The predicted molar refractivity (Wildman–Crippen MR) is 107 cm³/mol. The van der Waals surface area contributed by atoms with Crippen molar-refractivity contribution in [2.24, 2.45) is 5.73 Å². The van der Waals surface area contributed by atoms with Gasteiger partial charge in [-0.05, 0) is 35.4 Å². The molecule has 2 heterocycles. The molecule has 0 bridgehead atoms. The molecule has 1 unspecified atom stereocenters. The van der Waals surface area contributed by atoms with Crippen LogP contribution in [0.15, 0.2) is 76.6 Å². The topological polar surface area (TPSA) is 93.9 Å². The summed E-state index contributed by atoms with van der Waals surface area (Å²) in [5.74, 6) is -2.29. The monoisotopic (exact) mass is 418 g/mol. The molecule has 2 aromatic rings. The Morgan fingerprint density at radius 2 is 1.50 bits per heavy atom. The molecule has 0 radical (unpaired) electrons. The highest BCUT2D eigenvalue weighted by Crippen LogP contribution is 2.49. The van der Waals surface area contributed by atoms with E-state index in [4.69, 9.17) is 5.73 Å². The maximum Gasteiger partial charge on any atom is 0.258 e. The number of amides is 1. The van der Waals surface area contributed by atoms with Gasteiger partial charge < -0.3 is 5.73 Å². The number of hydrogen-bond acceptors (Lipinski definition) is 5. The zero-order chi connectivity index (χ0) is 21.4. The van der Waals surface area contributed by atoms with Gasteiger partial charge in [0.1, 0.15) is 22.5 Å². The van der Waals surface area contributed by atoms with Gasteiger partial charge >= 0.3 is 0 Å². The van der Waals surface area contributed by atoms with Gasteiger partial charge in [0.25, 0.3) is 5.91 Å². The molecule has 0 spiro atoms. The number of fused-ring (bicyclic) bond motifs is 1. The summed E-state index contributed by atoms with van der Waals surface area (Å²) in [7, 11) is 0. The second-order valence-corrected chi connectivity index (χ2v) is 7.55. The minimum Gasteiger partial charge on any atom is -0.384 e. The molecule has 2 aliphatic heterocycles. The molecule has 2 aromatic carbocycles. The van der Waals surface area contributed by atoms with E-state index in [1.54, 1.807) is 0 Å². The Morgan fingerprint density at radius 3 is 2.07 bits per heavy atom. The van der Waals surface area contributed by atoms with E-state index in [0.717, 1.165) is 16.7 Å². The smallest absolute Gasteiger partial charge is 0.258 e. The van der Waals surface area contributed by atoms with Crippen molar-refractivity contribution in [1.82, 2.24) is 4.90 Å². The summed E-state index contributed by atoms with van der Waals surface area (Å²) in [6.45, 7) is 0. The van der Waals surface area contributed by atoms with E-state index in [2.05, 4.69) is 6.07 Å². The van der Waals surface area contributed by atoms with Crippen LogP contribution in [0.1, 0.15) is 17.0 Å². The summed E-state index contributed by atoms with van der Waals surface area (Å²) >= 11 is 1.13. The number of nitrogens with zero attached hydrogens (tertiary/aromatic N) is 3. The zero-order valence-corrected chi connectivity index (χ0v) is 16.1. The van der Waals surface area contributed by atoms with Crippen molar-refractivity contribution in [2.75, 3.05) is 0 Å². The van der Waals surface area contributed by atoms with Crippen molar-refractivity contribution < 1.29 is 13.6 Å². The molecule has 30 heavy (non-hydrogen) atoms. The standard InChI is InChI=1S/C22H12F2N4OS/c23-14-5-1-12(2-6-14)18-9-19(29)28-21(27)16(10-25)20(17(11-26)22(28)30-18)13-3-7-15(24)8-4-13/h1-9,20H,27H2. The molecule has 5 nitrogen and oxygen atoms in total. The molecule has 0 saturated heterocycles. The average Bonchev–Trinajstić information content (AvgIpc) is 2.74. The lowest BCUT2D eigenvalue weighted by molar-refractivity contribution is -0.122. The third kappa shape index (κ3) is 3.14. The summed E-state index contributed by atoms with van der Waals surface area (Å²) in [5, 5.41) is 19.9. The second-order valence-electron chi connectivity index (χ2n) is 6.52. The lowest BCUT2D eigenvalue weighted by atomic mass is 9.83. The first kappa shape index (κ1) is 19.4. The zero-order valence-electron chi connectivity index (χ0n) is 15.3. The number of hydrogen-bond donors (Lipinski definition) is 1. The molecule has 0 aliphatic carbocycles. The van der Waals surface area contributed by atoms with Crippen molar-refractivity contribution in [3.8, 4) is 12.1 Å².